The molecule has 0 atom stereocenters. The van der Waals surface area contributed by atoms with Gasteiger partial charge in [0.1, 0.15) is 5.82 Å². The van der Waals surface area contributed by atoms with Crippen LogP contribution >= 0.6 is 0 Å². The van der Waals surface area contributed by atoms with Crippen molar-refractivity contribution in [1.29, 1.82) is 0 Å². The molecule has 22 heavy (non-hydrogen) atoms. The Labute approximate surface area is 121 Å². The van der Waals surface area contributed by atoms with Gasteiger partial charge in [0.15, 0.2) is 0 Å². The molecule has 7 heteroatoms. The molecule has 0 spiro atoms. The van der Waals surface area contributed by atoms with Crippen molar-refractivity contribution in [2.24, 2.45) is 0 Å². The summed E-state index contributed by atoms with van der Waals surface area (Å²) in [5.74, 6) is -2.83. The Bertz CT molecular complexity index is 763. The van der Waals surface area contributed by atoms with Gasteiger partial charge in [-0.1, -0.05) is 12.1 Å². The van der Waals surface area contributed by atoms with E-state index in [2.05, 4.69) is 0 Å². The fourth-order valence-corrected chi connectivity index (χ4v) is 2.34. The zero-order chi connectivity index (χ0) is 16.1. The quantitative estimate of drug-likeness (QED) is 0.596. The third-order valence-corrected chi connectivity index (χ3v) is 3.30. The molecular formula is C15H7F4NO2. The summed E-state index contributed by atoms with van der Waals surface area (Å²) in [5.41, 5.74) is -2.02. The molecule has 0 saturated carbocycles. The summed E-state index contributed by atoms with van der Waals surface area (Å²) in [4.78, 5) is 24.9. The van der Waals surface area contributed by atoms with Crippen molar-refractivity contribution in [2.45, 2.75) is 6.18 Å². The first-order chi connectivity index (χ1) is 10.3. The van der Waals surface area contributed by atoms with Gasteiger partial charge < -0.3 is 0 Å². The van der Waals surface area contributed by atoms with Crippen LogP contribution in [0.5, 0.6) is 0 Å². The number of imide groups is 1. The van der Waals surface area contributed by atoms with Crippen molar-refractivity contribution in [2.75, 3.05) is 4.90 Å². The predicted molar refractivity (Wildman–Crippen MR) is 69.0 cm³/mol. The highest BCUT2D eigenvalue weighted by molar-refractivity contribution is 6.34. The van der Waals surface area contributed by atoms with Gasteiger partial charge in [-0.3, -0.25) is 9.59 Å². The normalized spacial score (nSPS) is 14.5. The molecule has 1 aliphatic rings. The minimum absolute atomic E-state index is 0.0185. The first-order valence-corrected chi connectivity index (χ1v) is 6.15. The van der Waals surface area contributed by atoms with Crippen LogP contribution in [0.25, 0.3) is 0 Å². The number of carbonyl (C=O) groups excluding carboxylic acids is 2. The summed E-state index contributed by atoms with van der Waals surface area (Å²) >= 11 is 0. The third-order valence-electron chi connectivity index (χ3n) is 3.30. The molecule has 1 aliphatic heterocycles. The van der Waals surface area contributed by atoms with Crippen LogP contribution in [0.2, 0.25) is 0 Å². The molecule has 2 aromatic rings. The number of amides is 2. The summed E-state index contributed by atoms with van der Waals surface area (Å²) in [6, 6.07) is 7.53. The van der Waals surface area contributed by atoms with Crippen molar-refractivity contribution in [3.05, 3.63) is 65.0 Å². The fraction of sp³-hybridized carbons (Fsp3) is 0.0667. The molecule has 2 amide bonds. The molecule has 0 radical (unpaired) electrons. The van der Waals surface area contributed by atoms with Gasteiger partial charge in [0, 0.05) is 0 Å². The molecule has 3 rings (SSSR count). The highest BCUT2D eigenvalue weighted by Gasteiger charge is 2.42. The topological polar surface area (TPSA) is 37.4 Å². The van der Waals surface area contributed by atoms with Crippen molar-refractivity contribution in [3.63, 3.8) is 0 Å². The fourth-order valence-electron chi connectivity index (χ4n) is 2.34. The number of anilines is 1. The number of nitrogens with zero attached hydrogens (tertiary/aromatic N) is 1. The van der Waals surface area contributed by atoms with Gasteiger partial charge in [0.2, 0.25) is 0 Å². The predicted octanol–water partition coefficient (Wildman–Crippen LogP) is 3.65. The summed E-state index contributed by atoms with van der Waals surface area (Å²) in [5, 5.41) is 0. The van der Waals surface area contributed by atoms with Gasteiger partial charge in [-0.05, 0) is 30.3 Å². The molecule has 0 aromatic heterocycles. The molecule has 0 saturated heterocycles. The average Bonchev–Trinajstić information content (AvgIpc) is 2.71. The summed E-state index contributed by atoms with van der Waals surface area (Å²) in [7, 11) is 0. The van der Waals surface area contributed by atoms with Crippen LogP contribution in [-0.2, 0) is 6.18 Å². The number of carbonyl (C=O) groups is 2. The van der Waals surface area contributed by atoms with Gasteiger partial charge in [-0.15, -0.1) is 0 Å². The molecule has 2 aromatic carbocycles. The smallest absolute Gasteiger partial charge is 0.268 e. The number of rotatable bonds is 1. The van der Waals surface area contributed by atoms with E-state index < -0.39 is 35.1 Å². The van der Waals surface area contributed by atoms with E-state index in [-0.39, 0.29) is 17.2 Å². The monoisotopic (exact) mass is 309 g/mol. The lowest BCUT2D eigenvalue weighted by atomic mass is 10.1. The molecule has 112 valence electrons. The van der Waals surface area contributed by atoms with E-state index in [1.54, 1.807) is 0 Å². The second kappa shape index (κ2) is 4.66. The molecule has 0 aliphatic carbocycles. The average molecular weight is 309 g/mol. The number of fused-ring (bicyclic) bond motifs is 1. The minimum atomic E-state index is -4.90. The number of hydrogen-bond donors (Lipinski definition) is 0. The largest absolute Gasteiger partial charge is 0.418 e. The minimum Gasteiger partial charge on any atom is -0.268 e. The van der Waals surface area contributed by atoms with Crippen molar-refractivity contribution in [1.82, 2.24) is 0 Å². The van der Waals surface area contributed by atoms with Crippen LogP contribution in [0.3, 0.4) is 0 Å². The van der Waals surface area contributed by atoms with Crippen LogP contribution in [0, 0.1) is 5.82 Å². The van der Waals surface area contributed by atoms with E-state index in [0.717, 1.165) is 12.1 Å². The lowest BCUT2D eigenvalue weighted by Gasteiger charge is -2.19. The number of alkyl halides is 3. The summed E-state index contributed by atoms with van der Waals surface area (Å²) in [6.45, 7) is 0. The lowest BCUT2D eigenvalue weighted by molar-refractivity contribution is -0.137. The van der Waals surface area contributed by atoms with Crippen molar-refractivity contribution >= 4 is 17.5 Å². The van der Waals surface area contributed by atoms with Crippen LogP contribution in [0.15, 0.2) is 42.5 Å². The van der Waals surface area contributed by atoms with E-state index >= 15 is 0 Å². The van der Waals surface area contributed by atoms with E-state index in [4.69, 9.17) is 0 Å². The Morgan fingerprint density at radius 1 is 0.864 bits per heavy atom. The van der Waals surface area contributed by atoms with Gasteiger partial charge in [0.05, 0.1) is 22.4 Å². The van der Waals surface area contributed by atoms with E-state index in [9.17, 15) is 27.2 Å². The van der Waals surface area contributed by atoms with Crippen LogP contribution < -0.4 is 4.90 Å². The highest BCUT2D eigenvalue weighted by Crippen LogP contribution is 2.39. The van der Waals surface area contributed by atoms with Crippen molar-refractivity contribution in [3.8, 4) is 0 Å². The molecule has 0 fully saturated rings. The number of hydrogen-bond acceptors (Lipinski definition) is 2. The summed E-state index contributed by atoms with van der Waals surface area (Å²) < 4.78 is 52.3. The summed E-state index contributed by atoms with van der Waals surface area (Å²) in [6.07, 6.45) is -4.90. The second-order valence-electron chi connectivity index (χ2n) is 4.65. The van der Waals surface area contributed by atoms with Gasteiger partial charge in [-0.2, -0.15) is 13.2 Å². The molecule has 0 N–H and O–H groups in total. The van der Waals surface area contributed by atoms with E-state index in [1.807, 2.05) is 0 Å². The molecule has 0 unspecified atom stereocenters. The maximum atomic E-state index is 13.1. The van der Waals surface area contributed by atoms with Crippen LogP contribution in [0.4, 0.5) is 23.2 Å². The molecule has 3 nitrogen and oxygen atoms in total. The van der Waals surface area contributed by atoms with Gasteiger partial charge in [0.25, 0.3) is 11.8 Å². The van der Waals surface area contributed by atoms with Gasteiger partial charge in [-0.25, -0.2) is 9.29 Å². The standard InChI is InChI=1S/C15H7F4NO2/c16-8-5-6-12(11(7-8)15(17,18)19)20-13(21)9-3-1-2-4-10(9)14(20)22/h1-7H. The SMILES string of the molecule is O=C1c2ccccc2C(=O)N1c1ccc(F)cc1C(F)(F)F. The Kier molecular flexibility index (Phi) is 3.01. The van der Waals surface area contributed by atoms with E-state index in [1.165, 1.54) is 24.3 Å². The number of benzene rings is 2. The molecule has 1 heterocycles. The van der Waals surface area contributed by atoms with Crippen LogP contribution in [-0.4, -0.2) is 11.8 Å². The first-order valence-electron chi connectivity index (χ1n) is 6.15. The molecular weight excluding hydrogens is 302 g/mol. The highest BCUT2D eigenvalue weighted by atomic mass is 19.4. The first kappa shape index (κ1) is 14.2. The Hall–Kier alpha value is -2.70. The maximum Gasteiger partial charge on any atom is 0.418 e. The Morgan fingerprint density at radius 2 is 1.41 bits per heavy atom. The van der Waals surface area contributed by atoms with Crippen LogP contribution in [0.1, 0.15) is 26.3 Å². The lowest BCUT2D eigenvalue weighted by Crippen LogP contribution is -2.31. The van der Waals surface area contributed by atoms with Gasteiger partial charge >= 0.3 is 6.18 Å². The second-order valence-corrected chi connectivity index (χ2v) is 4.65. The zero-order valence-electron chi connectivity index (χ0n) is 10.8. The maximum absolute atomic E-state index is 13.1. The molecule has 0 bridgehead atoms. The Balaban J connectivity index is 2.19. The Morgan fingerprint density at radius 3 is 1.91 bits per heavy atom. The third kappa shape index (κ3) is 2.05. The zero-order valence-corrected chi connectivity index (χ0v) is 10.8. The number of halogens is 4. The van der Waals surface area contributed by atoms with E-state index in [0.29, 0.717) is 4.90 Å². The van der Waals surface area contributed by atoms with Crippen molar-refractivity contribution < 1.29 is 27.2 Å².